The molecule has 0 unspecified atom stereocenters. The normalized spacial score (nSPS) is 13.3. The molecule has 6 heteroatoms. The van der Waals surface area contributed by atoms with Gasteiger partial charge in [-0.25, -0.2) is 13.8 Å². The maximum absolute atomic E-state index is 12.2. The third-order valence-electron chi connectivity index (χ3n) is 2.68. The highest BCUT2D eigenvalue weighted by Gasteiger charge is 2.16. The number of ether oxygens (including phenoxy) is 2. The largest absolute Gasteiger partial charge is 0.454 e. The number of fused-ring (bicyclic) bond motifs is 2. The predicted octanol–water partition coefficient (Wildman–Crippen LogP) is 2.64. The molecule has 0 bridgehead atoms. The third kappa shape index (κ3) is 1.90. The van der Waals surface area contributed by atoms with Crippen molar-refractivity contribution in [3.63, 3.8) is 0 Å². The highest BCUT2D eigenvalue weighted by molar-refractivity contribution is 5.94. The summed E-state index contributed by atoms with van der Waals surface area (Å²) in [6, 6.07) is 5.36. The molecule has 1 aromatic carbocycles. The minimum Gasteiger partial charge on any atom is -0.454 e. The lowest BCUT2D eigenvalue weighted by molar-refractivity contribution is 0.163. The average molecular weight is 252 g/mol. The average Bonchev–Trinajstić information content (AvgIpc) is 2.80. The highest BCUT2D eigenvalue weighted by Crippen LogP contribution is 2.37. The molecule has 3 rings (SSSR count). The second kappa shape index (κ2) is 4.29. The molecule has 2 aromatic rings. The molecule has 0 saturated carbocycles. The smallest absolute Gasteiger partial charge is 0.255 e. The van der Waals surface area contributed by atoms with Crippen molar-refractivity contribution in [3.05, 3.63) is 24.4 Å². The van der Waals surface area contributed by atoms with Gasteiger partial charge in [-0.3, -0.25) is 0 Å². The molecule has 0 atom stereocenters. The Morgan fingerprint density at radius 1 is 1.28 bits per heavy atom. The summed E-state index contributed by atoms with van der Waals surface area (Å²) in [6.07, 6.45) is -0.853. The summed E-state index contributed by atoms with van der Waals surface area (Å²) in [4.78, 5) is 4.06. The van der Waals surface area contributed by atoms with Crippen LogP contribution in [0.25, 0.3) is 10.8 Å². The van der Waals surface area contributed by atoms with E-state index in [1.807, 2.05) is 6.07 Å². The summed E-state index contributed by atoms with van der Waals surface area (Å²) < 4.78 is 34.9. The summed E-state index contributed by atoms with van der Waals surface area (Å²) in [7, 11) is 0. The van der Waals surface area contributed by atoms with Gasteiger partial charge >= 0.3 is 0 Å². The topological polar surface area (TPSA) is 43.4 Å². The molecule has 0 aliphatic carbocycles. The Bertz CT molecular complexity index is 590. The molecule has 0 spiro atoms. The van der Waals surface area contributed by atoms with Crippen LogP contribution in [-0.4, -0.2) is 24.7 Å². The monoisotopic (exact) mass is 252 g/mol. The summed E-state index contributed by atoms with van der Waals surface area (Å²) in [5.41, 5.74) is 0. The van der Waals surface area contributed by atoms with Crippen molar-refractivity contribution in [3.8, 4) is 11.5 Å². The zero-order valence-corrected chi connectivity index (χ0v) is 9.32. The van der Waals surface area contributed by atoms with Crippen molar-refractivity contribution in [2.24, 2.45) is 0 Å². The van der Waals surface area contributed by atoms with Crippen LogP contribution in [0.3, 0.4) is 0 Å². The molecule has 0 radical (unpaired) electrons. The van der Waals surface area contributed by atoms with Crippen molar-refractivity contribution in [1.82, 2.24) is 4.98 Å². The van der Waals surface area contributed by atoms with Gasteiger partial charge in [-0.15, -0.1) is 0 Å². The second-order valence-corrected chi connectivity index (χ2v) is 3.86. The van der Waals surface area contributed by atoms with Crippen molar-refractivity contribution >= 4 is 16.6 Å². The SMILES string of the molecule is FC(F)CNc1nccc2cc3c(cc12)OCO3. The molecule has 1 aromatic heterocycles. The number of alkyl halides is 2. The van der Waals surface area contributed by atoms with Gasteiger partial charge in [-0.2, -0.15) is 0 Å². The van der Waals surface area contributed by atoms with Crippen LogP contribution in [0.15, 0.2) is 24.4 Å². The number of anilines is 1. The molecule has 2 heterocycles. The lowest BCUT2D eigenvalue weighted by atomic mass is 10.1. The summed E-state index contributed by atoms with van der Waals surface area (Å²) >= 11 is 0. The van der Waals surface area contributed by atoms with Gasteiger partial charge in [0.25, 0.3) is 6.43 Å². The first-order chi connectivity index (χ1) is 8.74. The van der Waals surface area contributed by atoms with Crippen LogP contribution in [-0.2, 0) is 0 Å². The summed E-state index contributed by atoms with van der Waals surface area (Å²) in [5, 5.41) is 4.23. The Balaban J connectivity index is 2.04. The van der Waals surface area contributed by atoms with E-state index in [1.54, 1.807) is 18.3 Å². The minimum absolute atomic E-state index is 0.179. The van der Waals surface area contributed by atoms with Gasteiger partial charge in [-0.1, -0.05) is 0 Å². The van der Waals surface area contributed by atoms with Crippen molar-refractivity contribution < 1.29 is 18.3 Å². The number of pyridine rings is 1. The van der Waals surface area contributed by atoms with Gasteiger partial charge in [0, 0.05) is 11.6 Å². The van der Waals surface area contributed by atoms with E-state index in [9.17, 15) is 8.78 Å². The predicted molar refractivity (Wildman–Crippen MR) is 62.4 cm³/mol. The second-order valence-electron chi connectivity index (χ2n) is 3.86. The standard InChI is InChI=1S/C12H10F2N2O2/c13-11(14)5-16-12-8-4-10-9(17-6-18-10)3-7(8)1-2-15-12/h1-4,11H,5-6H2,(H,15,16). The van der Waals surface area contributed by atoms with Crippen LogP contribution in [0.1, 0.15) is 0 Å². The highest BCUT2D eigenvalue weighted by atomic mass is 19.3. The van der Waals surface area contributed by atoms with E-state index in [4.69, 9.17) is 9.47 Å². The Labute approximate surface area is 102 Å². The van der Waals surface area contributed by atoms with Crippen molar-refractivity contribution in [2.45, 2.75) is 6.43 Å². The molecule has 1 aliphatic heterocycles. The first kappa shape index (κ1) is 11.0. The van der Waals surface area contributed by atoms with Gasteiger partial charge in [0.05, 0.1) is 6.54 Å². The molecule has 1 aliphatic rings. The quantitative estimate of drug-likeness (QED) is 0.912. The molecule has 94 valence electrons. The number of halogens is 2. The number of benzene rings is 1. The fourth-order valence-electron chi connectivity index (χ4n) is 1.88. The molecular weight excluding hydrogens is 242 g/mol. The van der Waals surface area contributed by atoms with Gasteiger partial charge < -0.3 is 14.8 Å². The Kier molecular flexibility index (Phi) is 2.62. The van der Waals surface area contributed by atoms with Gasteiger partial charge in [0.1, 0.15) is 5.82 Å². The maximum atomic E-state index is 12.2. The van der Waals surface area contributed by atoms with Crippen LogP contribution in [0, 0.1) is 0 Å². The lowest BCUT2D eigenvalue weighted by Crippen LogP contribution is -2.11. The van der Waals surface area contributed by atoms with Crippen LogP contribution < -0.4 is 14.8 Å². The number of nitrogens with one attached hydrogen (secondary N) is 1. The fourth-order valence-corrected chi connectivity index (χ4v) is 1.88. The molecule has 0 amide bonds. The third-order valence-corrected chi connectivity index (χ3v) is 2.68. The minimum atomic E-state index is -2.42. The maximum Gasteiger partial charge on any atom is 0.255 e. The van der Waals surface area contributed by atoms with E-state index in [2.05, 4.69) is 10.3 Å². The van der Waals surface area contributed by atoms with Crippen LogP contribution >= 0.6 is 0 Å². The van der Waals surface area contributed by atoms with Crippen LogP contribution in [0.5, 0.6) is 11.5 Å². The van der Waals surface area contributed by atoms with E-state index in [0.29, 0.717) is 17.3 Å². The first-order valence-electron chi connectivity index (χ1n) is 5.44. The first-order valence-corrected chi connectivity index (χ1v) is 5.44. The Morgan fingerprint density at radius 2 is 2.06 bits per heavy atom. The zero-order valence-electron chi connectivity index (χ0n) is 9.32. The zero-order chi connectivity index (χ0) is 12.5. The van der Waals surface area contributed by atoms with E-state index in [1.165, 1.54) is 0 Å². The molecule has 0 fully saturated rings. The van der Waals surface area contributed by atoms with E-state index in [-0.39, 0.29) is 6.79 Å². The number of rotatable bonds is 3. The molecule has 18 heavy (non-hydrogen) atoms. The Morgan fingerprint density at radius 3 is 2.83 bits per heavy atom. The van der Waals surface area contributed by atoms with Gasteiger partial charge in [-0.05, 0) is 23.6 Å². The van der Waals surface area contributed by atoms with Crippen LogP contribution in [0.2, 0.25) is 0 Å². The fraction of sp³-hybridized carbons (Fsp3) is 0.250. The molecule has 4 nitrogen and oxygen atoms in total. The van der Waals surface area contributed by atoms with E-state index in [0.717, 1.165) is 10.8 Å². The summed E-state index contributed by atoms with van der Waals surface area (Å²) in [5.74, 6) is 1.69. The number of hydrogen-bond acceptors (Lipinski definition) is 4. The van der Waals surface area contributed by atoms with E-state index >= 15 is 0 Å². The number of hydrogen-bond donors (Lipinski definition) is 1. The van der Waals surface area contributed by atoms with Gasteiger partial charge in [0.15, 0.2) is 11.5 Å². The van der Waals surface area contributed by atoms with Crippen molar-refractivity contribution in [2.75, 3.05) is 18.7 Å². The van der Waals surface area contributed by atoms with Crippen molar-refractivity contribution in [1.29, 1.82) is 0 Å². The van der Waals surface area contributed by atoms with Gasteiger partial charge in [0.2, 0.25) is 6.79 Å². The number of aromatic nitrogens is 1. The Hall–Kier alpha value is -2.11. The molecular formula is C12H10F2N2O2. The summed E-state index contributed by atoms with van der Waals surface area (Å²) in [6.45, 7) is -0.251. The molecule has 0 saturated heterocycles. The van der Waals surface area contributed by atoms with Crippen LogP contribution in [0.4, 0.5) is 14.6 Å². The molecule has 1 N–H and O–H groups in total. The number of nitrogens with zero attached hydrogens (tertiary/aromatic N) is 1. The lowest BCUT2D eigenvalue weighted by Gasteiger charge is -2.08. The van der Waals surface area contributed by atoms with E-state index < -0.39 is 13.0 Å².